The minimum absolute atomic E-state index is 0.0414. The lowest BCUT2D eigenvalue weighted by Crippen LogP contribution is -2.21. The number of carbonyl (C=O) groups excluding carboxylic acids is 2. The molecule has 0 saturated carbocycles. The molecule has 1 aliphatic heterocycles. The molecule has 3 rings (SSSR count). The smallest absolute Gasteiger partial charge is 0.338 e. The molecule has 0 fully saturated rings. The zero-order valence-corrected chi connectivity index (χ0v) is 14.6. The molecule has 1 aromatic heterocycles. The summed E-state index contributed by atoms with van der Waals surface area (Å²) in [5.74, 6) is -0.390. The Morgan fingerprint density at radius 3 is 2.80 bits per heavy atom. The Kier molecular flexibility index (Phi) is 4.54. The number of fused-ring (bicyclic) bond motifs is 1. The molecule has 8 nitrogen and oxygen atoms in total. The van der Waals surface area contributed by atoms with Crippen molar-refractivity contribution in [1.82, 2.24) is 9.78 Å². The molecule has 0 aliphatic carbocycles. The van der Waals surface area contributed by atoms with Crippen LogP contribution in [0.2, 0.25) is 5.02 Å². The highest BCUT2D eigenvalue weighted by molar-refractivity contribution is 6.32. The predicted molar refractivity (Wildman–Crippen MR) is 89.2 cm³/mol. The van der Waals surface area contributed by atoms with Crippen LogP contribution in [-0.4, -0.2) is 35.1 Å². The molecule has 1 amide bonds. The van der Waals surface area contributed by atoms with Crippen LogP contribution in [0.3, 0.4) is 0 Å². The largest absolute Gasteiger partial charge is 0.454 e. The summed E-state index contributed by atoms with van der Waals surface area (Å²) in [7, 11) is 1.78. The SMILES string of the molecule is Cc1nn(C)c(C)c1NC(=O)COC(=O)c1cc(Cl)c2c(c1)OCO2. The van der Waals surface area contributed by atoms with Gasteiger partial charge >= 0.3 is 5.97 Å². The average Bonchev–Trinajstić information content (AvgIpc) is 3.13. The van der Waals surface area contributed by atoms with Gasteiger partial charge in [-0.05, 0) is 26.0 Å². The maximum atomic E-state index is 12.1. The van der Waals surface area contributed by atoms with Crippen LogP contribution >= 0.6 is 11.6 Å². The summed E-state index contributed by atoms with van der Waals surface area (Å²) in [4.78, 5) is 24.1. The summed E-state index contributed by atoms with van der Waals surface area (Å²) in [6, 6.07) is 2.87. The Bertz CT molecular complexity index is 862. The van der Waals surface area contributed by atoms with Gasteiger partial charge in [-0.25, -0.2) is 4.79 Å². The second-order valence-electron chi connectivity index (χ2n) is 5.49. The van der Waals surface area contributed by atoms with Gasteiger partial charge in [-0.2, -0.15) is 5.10 Å². The van der Waals surface area contributed by atoms with Crippen molar-refractivity contribution in [3.05, 3.63) is 34.1 Å². The number of nitrogens with one attached hydrogen (secondary N) is 1. The first kappa shape index (κ1) is 17.1. The van der Waals surface area contributed by atoms with Gasteiger partial charge in [0.2, 0.25) is 6.79 Å². The Balaban J connectivity index is 1.62. The van der Waals surface area contributed by atoms with Crippen LogP contribution in [0.5, 0.6) is 11.5 Å². The van der Waals surface area contributed by atoms with E-state index in [4.69, 9.17) is 25.8 Å². The van der Waals surface area contributed by atoms with Crippen LogP contribution < -0.4 is 14.8 Å². The van der Waals surface area contributed by atoms with Crippen molar-refractivity contribution in [3.8, 4) is 11.5 Å². The molecule has 9 heteroatoms. The number of halogens is 1. The number of aromatic nitrogens is 2. The minimum atomic E-state index is -0.685. The van der Waals surface area contributed by atoms with Gasteiger partial charge in [-0.3, -0.25) is 9.48 Å². The van der Waals surface area contributed by atoms with Gasteiger partial charge < -0.3 is 19.5 Å². The molecule has 0 bridgehead atoms. The molecule has 1 aromatic carbocycles. The molecule has 2 aromatic rings. The molecule has 132 valence electrons. The fraction of sp³-hybridized carbons (Fsp3) is 0.312. The Hall–Kier alpha value is -2.74. The Morgan fingerprint density at radius 1 is 1.36 bits per heavy atom. The van der Waals surface area contributed by atoms with Crippen LogP contribution in [-0.2, 0) is 16.6 Å². The van der Waals surface area contributed by atoms with Crippen molar-refractivity contribution in [2.45, 2.75) is 13.8 Å². The van der Waals surface area contributed by atoms with Crippen LogP contribution in [0.1, 0.15) is 21.7 Å². The van der Waals surface area contributed by atoms with E-state index in [0.29, 0.717) is 22.9 Å². The van der Waals surface area contributed by atoms with Crippen molar-refractivity contribution in [2.24, 2.45) is 7.05 Å². The second-order valence-corrected chi connectivity index (χ2v) is 5.89. The number of ether oxygens (including phenoxy) is 3. The molecule has 0 unspecified atom stereocenters. The molecule has 0 saturated heterocycles. The fourth-order valence-electron chi connectivity index (χ4n) is 2.43. The van der Waals surface area contributed by atoms with Gasteiger partial charge in [0, 0.05) is 7.05 Å². The first-order valence-electron chi connectivity index (χ1n) is 7.43. The first-order chi connectivity index (χ1) is 11.9. The summed E-state index contributed by atoms with van der Waals surface area (Å²) >= 11 is 6.02. The molecular formula is C16H16ClN3O5. The van der Waals surface area contributed by atoms with Gasteiger partial charge in [0.25, 0.3) is 5.91 Å². The highest BCUT2D eigenvalue weighted by atomic mass is 35.5. The minimum Gasteiger partial charge on any atom is -0.454 e. The topological polar surface area (TPSA) is 91.7 Å². The number of benzene rings is 1. The zero-order valence-electron chi connectivity index (χ0n) is 13.9. The van der Waals surface area contributed by atoms with Gasteiger partial charge in [0.05, 0.1) is 27.7 Å². The predicted octanol–water partition coefficient (Wildman–Crippen LogP) is 2.21. The first-order valence-corrected chi connectivity index (χ1v) is 7.81. The number of nitrogens with zero attached hydrogens (tertiary/aromatic N) is 2. The molecule has 0 radical (unpaired) electrons. The molecule has 1 aliphatic rings. The lowest BCUT2D eigenvalue weighted by molar-refractivity contribution is -0.119. The number of hydrogen-bond acceptors (Lipinski definition) is 6. The monoisotopic (exact) mass is 365 g/mol. The molecule has 1 N–H and O–H groups in total. The van der Waals surface area contributed by atoms with Gasteiger partial charge in [0.1, 0.15) is 0 Å². The maximum Gasteiger partial charge on any atom is 0.338 e. The van der Waals surface area contributed by atoms with Gasteiger partial charge in [-0.1, -0.05) is 11.6 Å². The Morgan fingerprint density at radius 2 is 2.12 bits per heavy atom. The van der Waals surface area contributed by atoms with E-state index < -0.39 is 18.5 Å². The number of hydrogen-bond donors (Lipinski definition) is 1. The lowest BCUT2D eigenvalue weighted by Gasteiger charge is -2.08. The summed E-state index contributed by atoms with van der Waals surface area (Å²) in [6.45, 7) is 3.22. The quantitative estimate of drug-likeness (QED) is 0.835. The summed E-state index contributed by atoms with van der Waals surface area (Å²) in [5.41, 5.74) is 2.27. The van der Waals surface area contributed by atoms with Crippen molar-refractivity contribution >= 4 is 29.2 Å². The molecule has 25 heavy (non-hydrogen) atoms. The molecular weight excluding hydrogens is 350 g/mol. The number of anilines is 1. The number of amides is 1. The van der Waals surface area contributed by atoms with E-state index in [0.717, 1.165) is 5.69 Å². The summed E-state index contributed by atoms with van der Waals surface area (Å²) < 4.78 is 17.1. The lowest BCUT2D eigenvalue weighted by atomic mass is 10.2. The van der Waals surface area contributed by atoms with Crippen molar-refractivity contribution < 1.29 is 23.8 Å². The van der Waals surface area contributed by atoms with Crippen LogP contribution in [0, 0.1) is 13.8 Å². The number of carbonyl (C=O) groups is 2. The third-order valence-electron chi connectivity index (χ3n) is 3.77. The van der Waals surface area contributed by atoms with Crippen molar-refractivity contribution in [2.75, 3.05) is 18.7 Å². The molecule has 0 spiro atoms. The van der Waals surface area contributed by atoms with E-state index in [-0.39, 0.29) is 17.4 Å². The average molecular weight is 366 g/mol. The van der Waals surface area contributed by atoms with Crippen LogP contribution in [0.15, 0.2) is 12.1 Å². The molecule has 0 atom stereocenters. The second kappa shape index (κ2) is 6.64. The highest BCUT2D eigenvalue weighted by Gasteiger charge is 2.22. The van der Waals surface area contributed by atoms with E-state index in [2.05, 4.69) is 10.4 Å². The van der Waals surface area contributed by atoms with Gasteiger partial charge in [0.15, 0.2) is 18.1 Å². The summed E-state index contributed by atoms with van der Waals surface area (Å²) in [5, 5.41) is 7.14. The normalized spacial score (nSPS) is 12.2. The maximum absolute atomic E-state index is 12.1. The van der Waals surface area contributed by atoms with Crippen molar-refractivity contribution in [1.29, 1.82) is 0 Å². The summed E-state index contributed by atoms with van der Waals surface area (Å²) in [6.07, 6.45) is 0. The van der Waals surface area contributed by atoms with E-state index in [1.54, 1.807) is 18.7 Å². The Labute approximate surface area is 148 Å². The number of rotatable bonds is 4. The third-order valence-corrected chi connectivity index (χ3v) is 4.05. The van der Waals surface area contributed by atoms with Gasteiger partial charge in [-0.15, -0.1) is 0 Å². The van der Waals surface area contributed by atoms with Crippen LogP contribution in [0.25, 0.3) is 0 Å². The third kappa shape index (κ3) is 3.39. The van der Waals surface area contributed by atoms with E-state index in [9.17, 15) is 9.59 Å². The number of esters is 1. The van der Waals surface area contributed by atoms with E-state index in [1.165, 1.54) is 12.1 Å². The highest BCUT2D eigenvalue weighted by Crippen LogP contribution is 2.39. The van der Waals surface area contributed by atoms with E-state index in [1.807, 2.05) is 6.92 Å². The fourth-order valence-corrected chi connectivity index (χ4v) is 2.69. The zero-order chi connectivity index (χ0) is 18.1. The van der Waals surface area contributed by atoms with Crippen LogP contribution in [0.4, 0.5) is 5.69 Å². The number of aryl methyl sites for hydroxylation is 2. The standard InChI is InChI=1S/C16H16ClN3O5/c1-8-14(9(2)20(3)19-8)18-13(21)6-23-16(22)10-4-11(17)15-12(5-10)24-7-25-15/h4-5H,6-7H2,1-3H3,(H,18,21). The van der Waals surface area contributed by atoms with Crippen molar-refractivity contribution in [3.63, 3.8) is 0 Å². The van der Waals surface area contributed by atoms with E-state index >= 15 is 0 Å². The molecule has 2 heterocycles.